The van der Waals surface area contributed by atoms with E-state index in [1.807, 2.05) is 6.92 Å². The summed E-state index contributed by atoms with van der Waals surface area (Å²) in [5.74, 6) is 0.612. The van der Waals surface area contributed by atoms with Crippen molar-refractivity contribution >= 4 is 35.9 Å². The Balaban J connectivity index is 0.00000529. The maximum atomic E-state index is 11.3. The molecule has 1 fully saturated rings. The summed E-state index contributed by atoms with van der Waals surface area (Å²) in [4.78, 5) is 17.9. The molecule has 2 N–H and O–H groups in total. The van der Waals surface area contributed by atoms with Crippen LogP contribution < -0.4 is 10.6 Å². The minimum Gasteiger partial charge on any atom is -0.466 e. The molecule has 1 aliphatic heterocycles. The highest BCUT2D eigenvalue weighted by Gasteiger charge is 2.28. The van der Waals surface area contributed by atoms with Crippen molar-refractivity contribution in [3.63, 3.8) is 0 Å². The second-order valence-electron chi connectivity index (χ2n) is 6.17. The second-order valence-corrected chi connectivity index (χ2v) is 6.17. The van der Waals surface area contributed by atoms with E-state index in [1.165, 1.54) is 0 Å². The van der Waals surface area contributed by atoms with Crippen molar-refractivity contribution < 1.29 is 14.3 Å². The van der Waals surface area contributed by atoms with Gasteiger partial charge in [-0.15, -0.1) is 24.0 Å². The number of guanidine groups is 1. The lowest BCUT2D eigenvalue weighted by Gasteiger charge is -2.41. The molecule has 1 saturated heterocycles. The van der Waals surface area contributed by atoms with Crippen LogP contribution in [0.5, 0.6) is 0 Å². The minimum absolute atomic E-state index is 0. The molecule has 1 aliphatic rings. The van der Waals surface area contributed by atoms with Crippen LogP contribution in [0.3, 0.4) is 0 Å². The smallest absolute Gasteiger partial charge is 0.305 e. The Kier molecular flexibility index (Phi) is 12.4. The SMILES string of the molecule is CCOC(=O)CCCNC(=NC)NCC(C)(C)N1CCOCC1.I. The van der Waals surface area contributed by atoms with Crippen LogP contribution in [0.2, 0.25) is 0 Å². The van der Waals surface area contributed by atoms with Crippen LogP contribution in [0.25, 0.3) is 0 Å². The summed E-state index contributed by atoms with van der Waals surface area (Å²) < 4.78 is 10.3. The van der Waals surface area contributed by atoms with Crippen LogP contribution in [0.1, 0.15) is 33.6 Å². The zero-order valence-electron chi connectivity index (χ0n) is 15.4. The number of esters is 1. The Morgan fingerprint density at radius 2 is 1.96 bits per heavy atom. The molecule has 0 aromatic carbocycles. The monoisotopic (exact) mass is 456 g/mol. The number of hydrogen-bond donors (Lipinski definition) is 2. The number of carbonyl (C=O) groups is 1. The van der Waals surface area contributed by atoms with Crippen molar-refractivity contribution in [2.45, 2.75) is 39.2 Å². The van der Waals surface area contributed by atoms with E-state index in [9.17, 15) is 4.79 Å². The van der Waals surface area contributed by atoms with Crippen LogP contribution in [0.4, 0.5) is 0 Å². The molecule has 0 bridgehead atoms. The molecule has 0 unspecified atom stereocenters. The van der Waals surface area contributed by atoms with Gasteiger partial charge in [-0.1, -0.05) is 0 Å². The van der Waals surface area contributed by atoms with Crippen LogP contribution in [-0.4, -0.2) is 75.4 Å². The number of carbonyl (C=O) groups excluding carboxylic acids is 1. The van der Waals surface area contributed by atoms with E-state index in [-0.39, 0.29) is 35.5 Å². The Morgan fingerprint density at radius 1 is 1.29 bits per heavy atom. The lowest BCUT2D eigenvalue weighted by molar-refractivity contribution is -0.143. The van der Waals surface area contributed by atoms with Gasteiger partial charge in [0.25, 0.3) is 0 Å². The molecule has 0 atom stereocenters. The molecular formula is C16H33IN4O3. The molecule has 0 radical (unpaired) electrons. The molecule has 7 nitrogen and oxygen atoms in total. The van der Waals surface area contributed by atoms with Crippen molar-refractivity contribution in [1.82, 2.24) is 15.5 Å². The molecule has 0 aliphatic carbocycles. The van der Waals surface area contributed by atoms with E-state index in [0.29, 0.717) is 19.6 Å². The van der Waals surface area contributed by atoms with Crippen molar-refractivity contribution in [2.24, 2.45) is 4.99 Å². The van der Waals surface area contributed by atoms with Gasteiger partial charge in [0.1, 0.15) is 0 Å². The van der Waals surface area contributed by atoms with Crippen LogP contribution in [0.15, 0.2) is 4.99 Å². The number of rotatable bonds is 8. The van der Waals surface area contributed by atoms with Gasteiger partial charge >= 0.3 is 5.97 Å². The van der Waals surface area contributed by atoms with E-state index >= 15 is 0 Å². The standard InChI is InChI=1S/C16H32N4O3.HI/c1-5-23-14(21)7-6-8-18-15(17-4)19-13-16(2,3)20-9-11-22-12-10-20;/h5-13H2,1-4H3,(H2,17,18,19);1H. The summed E-state index contributed by atoms with van der Waals surface area (Å²) >= 11 is 0. The summed E-state index contributed by atoms with van der Waals surface area (Å²) in [6.07, 6.45) is 1.16. The van der Waals surface area contributed by atoms with Crippen LogP contribution in [0, 0.1) is 0 Å². The number of hydrogen-bond acceptors (Lipinski definition) is 5. The fourth-order valence-corrected chi connectivity index (χ4v) is 2.47. The molecule has 0 aromatic heterocycles. The van der Waals surface area contributed by atoms with Crippen LogP contribution >= 0.6 is 24.0 Å². The third kappa shape index (κ3) is 9.03. The minimum atomic E-state index is -0.148. The quantitative estimate of drug-likeness (QED) is 0.188. The van der Waals surface area contributed by atoms with E-state index in [2.05, 4.69) is 34.4 Å². The molecule has 0 spiro atoms. The normalized spacial score (nSPS) is 16.2. The second kappa shape index (κ2) is 12.7. The lowest BCUT2D eigenvalue weighted by Crippen LogP contribution is -2.56. The first-order valence-electron chi connectivity index (χ1n) is 8.42. The molecule has 0 saturated carbocycles. The van der Waals surface area contributed by atoms with Gasteiger partial charge in [-0.2, -0.15) is 0 Å². The summed E-state index contributed by atoms with van der Waals surface area (Å²) in [5.41, 5.74) is 0.0341. The predicted molar refractivity (Wildman–Crippen MR) is 107 cm³/mol. The molecule has 142 valence electrons. The number of nitrogens with one attached hydrogen (secondary N) is 2. The number of halogens is 1. The van der Waals surface area contributed by atoms with Gasteiger partial charge in [-0.3, -0.25) is 14.7 Å². The number of aliphatic imine (C=N–C) groups is 1. The third-order valence-electron chi connectivity index (χ3n) is 3.93. The highest BCUT2D eigenvalue weighted by molar-refractivity contribution is 14.0. The van der Waals surface area contributed by atoms with Gasteiger partial charge in [-0.05, 0) is 27.2 Å². The van der Waals surface area contributed by atoms with E-state index in [4.69, 9.17) is 9.47 Å². The number of ether oxygens (including phenoxy) is 2. The molecule has 24 heavy (non-hydrogen) atoms. The third-order valence-corrected chi connectivity index (χ3v) is 3.93. The van der Waals surface area contributed by atoms with Crippen molar-refractivity contribution in [3.05, 3.63) is 0 Å². The first-order valence-corrected chi connectivity index (χ1v) is 8.42. The first-order chi connectivity index (χ1) is 11.0. The predicted octanol–water partition coefficient (Wildman–Crippen LogP) is 1.22. The maximum absolute atomic E-state index is 11.3. The van der Waals surface area contributed by atoms with Crippen LogP contribution in [-0.2, 0) is 14.3 Å². The van der Waals surface area contributed by atoms with Gasteiger partial charge in [0, 0.05) is 45.2 Å². The van der Waals surface area contributed by atoms with Gasteiger partial charge < -0.3 is 20.1 Å². The highest BCUT2D eigenvalue weighted by Crippen LogP contribution is 2.14. The first kappa shape index (κ1) is 23.4. The largest absolute Gasteiger partial charge is 0.466 e. The molecule has 1 heterocycles. The maximum Gasteiger partial charge on any atom is 0.305 e. The average molecular weight is 456 g/mol. The summed E-state index contributed by atoms with van der Waals surface area (Å²) in [5, 5.41) is 6.59. The Hall–Kier alpha value is -0.610. The van der Waals surface area contributed by atoms with Gasteiger partial charge in [0.2, 0.25) is 0 Å². The number of morpholine rings is 1. The van der Waals surface area contributed by atoms with E-state index < -0.39 is 0 Å². The van der Waals surface area contributed by atoms with Crippen molar-refractivity contribution in [2.75, 3.05) is 53.0 Å². The summed E-state index contributed by atoms with van der Waals surface area (Å²) in [7, 11) is 1.75. The summed E-state index contributed by atoms with van der Waals surface area (Å²) in [6.45, 7) is 11.7. The van der Waals surface area contributed by atoms with Gasteiger partial charge in [-0.25, -0.2) is 0 Å². The Labute approximate surface area is 162 Å². The fourth-order valence-electron chi connectivity index (χ4n) is 2.47. The molecule has 8 heteroatoms. The summed E-state index contributed by atoms with van der Waals surface area (Å²) in [6, 6.07) is 0. The Bertz CT molecular complexity index is 386. The van der Waals surface area contributed by atoms with Crippen molar-refractivity contribution in [3.8, 4) is 0 Å². The topological polar surface area (TPSA) is 75.2 Å². The molecular weight excluding hydrogens is 423 g/mol. The Morgan fingerprint density at radius 3 is 2.54 bits per heavy atom. The zero-order chi connectivity index (χ0) is 17.1. The number of nitrogens with zero attached hydrogens (tertiary/aromatic N) is 2. The molecule has 0 amide bonds. The van der Waals surface area contributed by atoms with Gasteiger partial charge in [0.15, 0.2) is 5.96 Å². The lowest BCUT2D eigenvalue weighted by atomic mass is 10.0. The molecule has 0 aromatic rings. The van der Waals surface area contributed by atoms with Gasteiger partial charge in [0.05, 0.1) is 19.8 Å². The average Bonchev–Trinajstić information content (AvgIpc) is 2.55. The van der Waals surface area contributed by atoms with E-state index in [0.717, 1.165) is 45.2 Å². The fraction of sp³-hybridized carbons (Fsp3) is 0.875. The molecule has 1 rings (SSSR count). The van der Waals surface area contributed by atoms with E-state index in [1.54, 1.807) is 7.05 Å². The van der Waals surface area contributed by atoms with Crippen molar-refractivity contribution in [1.29, 1.82) is 0 Å². The zero-order valence-corrected chi connectivity index (χ0v) is 17.7. The highest BCUT2D eigenvalue weighted by atomic mass is 127.